The van der Waals surface area contributed by atoms with Crippen molar-refractivity contribution in [2.24, 2.45) is 5.73 Å². The van der Waals surface area contributed by atoms with Crippen LogP contribution in [-0.2, 0) is 13.0 Å². The van der Waals surface area contributed by atoms with E-state index in [2.05, 4.69) is 27.0 Å². The number of nitrogens with one attached hydrogen (secondary N) is 1. The molecule has 0 aliphatic carbocycles. The van der Waals surface area contributed by atoms with Gasteiger partial charge >= 0.3 is 0 Å². The van der Waals surface area contributed by atoms with Crippen LogP contribution in [0.1, 0.15) is 31.0 Å². The van der Waals surface area contributed by atoms with Crippen molar-refractivity contribution in [3.8, 4) is 0 Å². The summed E-state index contributed by atoms with van der Waals surface area (Å²) in [5.41, 5.74) is 6.02. The summed E-state index contributed by atoms with van der Waals surface area (Å²) >= 11 is 0. The Labute approximate surface area is 93.9 Å². The minimum absolute atomic E-state index is 0.158. The van der Waals surface area contributed by atoms with Crippen LogP contribution in [0.5, 0.6) is 0 Å². The van der Waals surface area contributed by atoms with Gasteiger partial charge in [-0.1, -0.05) is 6.92 Å². The summed E-state index contributed by atoms with van der Waals surface area (Å²) < 4.78 is 1.89. The minimum atomic E-state index is -0.158. The largest absolute Gasteiger partial charge is 0.347 e. The van der Waals surface area contributed by atoms with Gasteiger partial charge in [0.25, 0.3) is 0 Å². The summed E-state index contributed by atoms with van der Waals surface area (Å²) in [4.78, 5) is 11.4. The van der Waals surface area contributed by atoms with E-state index in [9.17, 15) is 0 Å². The van der Waals surface area contributed by atoms with Crippen molar-refractivity contribution in [3.05, 3.63) is 30.4 Å². The highest BCUT2D eigenvalue weighted by Crippen LogP contribution is 2.10. The van der Waals surface area contributed by atoms with Crippen LogP contribution in [0.2, 0.25) is 0 Å². The summed E-state index contributed by atoms with van der Waals surface area (Å²) in [6.07, 6.45) is 6.72. The lowest BCUT2D eigenvalue weighted by atomic mass is 10.2. The van der Waals surface area contributed by atoms with Crippen molar-refractivity contribution < 1.29 is 0 Å². The predicted molar refractivity (Wildman–Crippen MR) is 59.5 cm³/mol. The molecule has 1 atom stereocenters. The van der Waals surface area contributed by atoms with Crippen LogP contribution in [0.25, 0.3) is 0 Å². The normalized spacial score (nSPS) is 12.9. The summed E-state index contributed by atoms with van der Waals surface area (Å²) in [5, 5.41) is 4.16. The average molecular weight is 220 g/mol. The van der Waals surface area contributed by atoms with Gasteiger partial charge in [-0.15, -0.1) is 0 Å². The van der Waals surface area contributed by atoms with Gasteiger partial charge in [0.2, 0.25) is 0 Å². The number of imidazole rings is 1. The van der Waals surface area contributed by atoms with Crippen LogP contribution in [-0.4, -0.2) is 24.7 Å². The lowest BCUT2D eigenvalue weighted by Crippen LogP contribution is -2.18. The summed E-state index contributed by atoms with van der Waals surface area (Å²) in [5.74, 6) is 1.69. The van der Waals surface area contributed by atoms with Crippen LogP contribution < -0.4 is 5.73 Å². The van der Waals surface area contributed by atoms with Gasteiger partial charge in [-0.05, 0) is 6.42 Å². The Morgan fingerprint density at radius 1 is 1.50 bits per heavy atom. The lowest BCUT2D eigenvalue weighted by Gasteiger charge is -2.09. The number of hydrogen-bond acceptors (Lipinski definition) is 4. The molecule has 0 spiro atoms. The maximum Gasteiger partial charge on any atom is 0.138 e. The maximum absolute atomic E-state index is 6.02. The molecule has 0 radical (unpaired) electrons. The van der Waals surface area contributed by atoms with Crippen LogP contribution in [0, 0.1) is 0 Å². The second-order valence-corrected chi connectivity index (χ2v) is 3.68. The Morgan fingerprint density at radius 2 is 2.38 bits per heavy atom. The van der Waals surface area contributed by atoms with E-state index in [0.717, 1.165) is 24.6 Å². The molecule has 0 aliphatic heterocycles. The Kier molecular flexibility index (Phi) is 3.31. The van der Waals surface area contributed by atoms with Gasteiger partial charge in [-0.3, -0.25) is 4.68 Å². The van der Waals surface area contributed by atoms with E-state index in [1.165, 1.54) is 0 Å². The van der Waals surface area contributed by atoms with E-state index in [0.29, 0.717) is 6.42 Å². The smallest absolute Gasteiger partial charge is 0.138 e. The van der Waals surface area contributed by atoms with Crippen LogP contribution in [0.15, 0.2) is 18.7 Å². The van der Waals surface area contributed by atoms with Gasteiger partial charge in [0.15, 0.2) is 0 Å². The molecule has 1 unspecified atom stereocenters. The van der Waals surface area contributed by atoms with Gasteiger partial charge in [0, 0.05) is 25.4 Å². The molecule has 2 rings (SSSR count). The van der Waals surface area contributed by atoms with E-state index >= 15 is 0 Å². The second-order valence-electron chi connectivity index (χ2n) is 3.68. The molecule has 0 fully saturated rings. The standard InChI is InChI=1S/C10H16N6/c1-2-5-16-9(14-7-15-16)6-8(11)10-12-3-4-13-10/h3-4,7-8H,2,5-6,11H2,1H3,(H,12,13). The molecule has 2 aromatic heterocycles. The first-order chi connectivity index (χ1) is 7.81. The van der Waals surface area contributed by atoms with E-state index < -0.39 is 0 Å². The first kappa shape index (κ1) is 10.8. The molecule has 0 aromatic carbocycles. The minimum Gasteiger partial charge on any atom is -0.347 e. The second kappa shape index (κ2) is 4.89. The topological polar surface area (TPSA) is 85.4 Å². The predicted octanol–water partition coefficient (Wildman–Crippen LogP) is 0.654. The van der Waals surface area contributed by atoms with Crippen LogP contribution in [0.3, 0.4) is 0 Å². The van der Waals surface area contributed by atoms with E-state index in [1.807, 2.05) is 4.68 Å². The van der Waals surface area contributed by atoms with Gasteiger partial charge < -0.3 is 10.7 Å². The summed E-state index contributed by atoms with van der Waals surface area (Å²) in [6.45, 7) is 2.98. The third-order valence-electron chi connectivity index (χ3n) is 2.40. The van der Waals surface area contributed by atoms with Gasteiger partial charge in [-0.25, -0.2) is 9.97 Å². The fourth-order valence-corrected chi connectivity index (χ4v) is 1.62. The quantitative estimate of drug-likeness (QED) is 0.774. The third kappa shape index (κ3) is 2.27. The zero-order valence-electron chi connectivity index (χ0n) is 9.30. The van der Waals surface area contributed by atoms with Gasteiger partial charge in [0.1, 0.15) is 18.0 Å². The first-order valence-corrected chi connectivity index (χ1v) is 5.42. The van der Waals surface area contributed by atoms with Crippen molar-refractivity contribution in [1.82, 2.24) is 24.7 Å². The summed E-state index contributed by atoms with van der Waals surface area (Å²) in [6, 6.07) is -0.158. The molecule has 0 bridgehead atoms. The molecule has 2 aromatic rings. The highest BCUT2D eigenvalue weighted by Gasteiger charge is 2.13. The van der Waals surface area contributed by atoms with E-state index in [-0.39, 0.29) is 6.04 Å². The molecule has 0 amide bonds. The van der Waals surface area contributed by atoms with E-state index in [4.69, 9.17) is 5.73 Å². The molecule has 3 N–H and O–H groups in total. The average Bonchev–Trinajstić information content (AvgIpc) is 2.90. The highest BCUT2D eigenvalue weighted by molar-refractivity contribution is 4.99. The molecule has 86 valence electrons. The Bertz CT molecular complexity index is 418. The van der Waals surface area contributed by atoms with Crippen LogP contribution >= 0.6 is 0 Å². The van der Waals surface area contributed by atoms with Crippen molar-refractivity contribution >= 4 is 0 Å². The number of hydrogen-bond donors (Lipinski definition) is 2. The van der Waals surface area contributed by atoms with Gasteiger partial charge in [-0.2, -0.15) is 5.10 Å². The highest BCUT2D eigenvalue weighted by atomic mass is 15.3. The molecule has 0 saturated heterocycles. The number of aryl methyl sites for hydroxylation is 1. The maximum atomic E-state index is 6.02. The van der Waals surface area contributed by atoms with Gasteiger partial charge in [0.05, 0.1) is 6.04 Å². The Balaban J connectivity index is 2.06. The Morgan fingerprint density at radius 3 is 3.06 bits per heavy atom. The molecule has 16 heavy (non-hydrogen) atoms. The molecular weight excluding hydrogens is 204 g/mol. The lowest BCUT2D eigenvalue weighted by molar-refractivity contribution is 0.542. The van der Waals surface area contributed by atoms with Crippen molar-refractivity contribution in [1.29, 1.82) is 0 Å². The summed E-state index contributed by atoms with van der Waals surface area (Å²) in [7, 11) is 0. The molecule has 0 saturated carbocycles. The molecule has 2 heterocycles. The number of rotatable bonds is 5. The van der Waals surface area contributed by atoms with E-state index in [1.54, 1.807) is 18.7 Å². The van der Waals surface area contributed by atoms with Crippen molar-refractivity contribution in [3.63, 3.8) is 0 Å². The fourth-order valence-electron chi connectivity index (χ4n) is 1.62. The van der Waals surface area contributed by atoms with Crippen molar-refractivity contribution in [2.75, 3.05) is 0 Å². The number of nitrogens with two attached hydrogens (primary N) is 1. The van der Waals surface area contributed by atoms with Crippen molar-refractivity contribution in [2.45, 2.75) is 32.4 Å². The monoisotopic (exact) mass is 220 g/mol. The SMILES string of the molecule is CCCn1ncnc1CC(N)c1ncc[nH]1. The van der Waals surface area contributed by atoms with Crippen LogP contribution in [0.4, 0.5) is 0 Å². The zero-order chi connectivity index (χ0) is 11.4. The fraction of sp³-hybridized carbons (Fsp3) is 0.500. The Hall–Kier alpha value is -1.69. The zero-order valence-corrected chi connectivity index (χ0v) is 9.30. The molecule has 6 heteroatoms. The first-order valence-electron chi connectivity index (χ1n) is 5.42. The number of aromatic nitrogens is 5. The number of aromatic amines is 1. The number of nitrogens with zero attached hydrogens (tertiary/aromatic N) is 4. The molecule has 0 aliphatic rings. The number of H-pyrrole nitrogens is 1. The molecular formula is C10H16N6. The molecule has 6 nitrogen and oxygen atoms in total. The third-order valence-corrected chi connectivity index (χ3v) is 2.40.